The molecule has 1 aliphatic rings. The van der Waals surface area contributed by atoms with Gasteiger partial charge < -0.3 is 13.6 Å². The lowest BCUT2D eigenvalue weighted by Crippen LogP contribution is -2.33. The predicted molar refractivity (Wildman–Crippen MR) is 241 cm³/mol. The van der Waals surface area contributed by atoms with E-state index >= 15 is 0 Å². The van der Waals surface area contributed by atoms with Crippen LogP contribution in [-0.2, 0) is 10.8 Å². The Labute approximate surface area is 331 Å². The summed E-state index contributed by atoms with van der Waals surface area (Å²) < 4.78 is 11.6. The Hall–Kier alpha value is -6.58. The number of hydrogen-bond donors (Lipinski definition) is 0. The van der Waals surface area contributed by atoms with Crippen molar-refractivity contribution in [3.63, 3.8) is 0 Å². The fraction of sp³-hybridized carbons (Fsp3) is 0.148. The van der Waals surface area contributed by atoms with Crippen molar-refractivity contribution in [3.8, 4) is 22.5 Å². The topological polar surface area (TPSA) is 23.0 Å². The van der Waals surface area contributed by atoms with E-state index in [2.05, 4.69) is 188 Å². The number of aromatic nitrogens is 2. The summed E-state index contributed by atoms with van der Waals surface area (Å²) in [5.74, 6) is 0. The largest absolute Gasteiger partial charge is 0.455 e. The number of para-hydroxylation sites is 3. The summed E-state index contributed by atoms with van der Waals surface area (Å²) in [6, 6.07) is 58.3. The van der Waals surface area contributed by atoms with Crippen molar-refractivity contribution >= 4 is 76.3 Å². The van der Waals surface area contributed by atoms with Gasteiger partial charge in [-0.05, 0) is 112 Å². The Morgan fingerprint density at radius 2 is 1.05 bits per heavy atom. The van der Waals surface area contributed by atoms with Gasteiger partial charge in [-0.1, -0.05) is 125 Å². The highest BCUT2D eigenvalue weighted by Gasteiger charge is 2.38. The van der Waals surface area contributed by atoms with Gasteiger partial charge in [-0.15, -0.1) is 0 Å². The predicted octanol–water partition coefficient (Wildman–Crippen LogP) is 14.9. The van der Waals surface area contributed by atoms with Crippen molar-refractivity contribution in [1.29, 1.82) is 0 Å². The van der Waals surface area contributed by atoms with Crippen LogP contribution in [0.4, 0.5) is 0 Å². The van der Waals surface area contributed by atoms with Gasteiger partial charge in [-0.3, -0.25) is 0 Å². The van der Waals surface area contributed by atoms with E-state index in [4.69, 9.17) is 4.42 Å². The fourth-order valence-corrected chi connectivity index (χ4v) is 10.3. The van der Waals surface area contributed by atoms with Crippen LogP contribution in [0.3, 0.4) is 0 Å². The molecular weight excluding hydrogens is 693 g/mol. The van der Waals surface area contributed by atoms with E-state index in [-0.39, 0.29) is 10.8 Å². The summed E-state index contributed by atoms with van der Waals surface area (Å²) in [6.07, 6.45) is 2.34. The lowest BCUT2D eigenvalue weighted by atomic mass is 9.63. The number of furan rings is 1. The molecule has 0 radical (unpaired) electrons. The average molecular weight is 735 g/mol. The van der Waals surface area contributed by atoms with E-state index in [0.717, 1.165) is 38.8 Å². The molecule has 0 amide bonds. The molecule has 12 rings (SSSR count). The monoisotopic (exact) mass is 734 g/mol. The van der Waals surface area contributed by atoms with Gasteiger partial charge in [0.25, 0.3) is 0 Å². The first-order valence-corrected chi connectivity index (χ1v) is 20.3. The van der Waals surface area contributed by atoms with Crippen molar-refractivity contribution in [1.82, 2.24) is 9.13 Å². The maximum Gasteiger partial charge on any atom is 0.143 e. The molecule has 0 bridgehead atoms. The Morgan fingerprint density at radius 3 is 1.89 bits per heavy atom. The number of rotatable bonds is 3. The number of nitrogens with zero attached hydrogens (tertiary/aromatic N) is 2. The first-order valence-electron chi connectivity index (χ1n) is 20.3. The summed E-state index contributed by atoms with van der Waals surface area (Å²) in [5.41, 5.74) is 14.4. The molecule has 0 saturated heterocycles. The minimum atomic E-state index is 0.0723. The second kappa shape index (κ2) is 11.5. The van der Waals surface area contributed by atoms with Gasteiger partial charge in [0, 0.05) is 49.3 Å². The lowest BCUT2D eigenvalue weighted by molar-refractivity contribution is 0.332. The molecule has 3 aromatic heterocycles. The zero-order valence-corrected chi connectivity index (χ0v) is 32.7. The second-order valence-electron chi connectivity index (χ2n) is 17.6. The van der Waals surface area contributed by atoms with Crippen LogP contribution in [0.15, 0.2) is 162 Å². The molecule has 0 N–H and O–H groups in total. The van der Waals surface area contributed by atoms with Crippen LogP contribution < -0.4 is 0 Å². The zero-order chi connectivity index (χ0) is 38.2. The Kier molecular flexibility index (Phi) is 6.58. The standard InChI is InChI=1S/C54H42N2O/c1-53(2)26-27-54(3,4)45-32-49-41(29-44(45)53)42-30-48-43(51-37-19-9-8-14-33(37)24-25-46(51)55(48)35-16-6-5-7-17-35)31-47(42)56(49)36-18-12-15-34(28-36)38-21-13-22-40-39-20-10-11-23-50(39)57-52(38)40/h5-25,28-32H,26-27H2,1-4H3. The summed E-state index contributed by atoms with van der Waals surface area (Å²) in [6.45, 7) is 9.74. The van der Waals surface area contributed by atoms with Gasteiger partial charge in [0.2, 0.25) is 0 Å². The maximum absolute atomic E-state index is 6.57. The molecule has 0 fully saturated rings. The van der Waals surface area contributed by atoms with E-state index in [1.54, 1.807) is 0 Å². The van der Waals surface area contributed by atoms with Crippen LogP contribution in [-0.4, -0.2) is 9.13 Å². The molecule has 57 heavy (non-hydrogen) atoms. The smallest absolute Gasteiger partial charge is 0.143 e. The van der Waals surface area contributed by atoms with Gasteiger partial charge in [-0.2, -0.15) is 0 Å². The van der Waals surface area contributed by atoms with Crippen molar-refractivity contribution < 1.29 is 4.42 Å². The molecule has 0 aliphatic heterocycles. The molecule has 11 aromatic rings. The summed E-state index contributed by atoms with van der Waals surface area (Å²) in [4.78, 5) is 0. The minimum Gasteiger partial charge on any atom is -0.455 e. The van der Waals surface area contributed by atoms with Crippen LogP contribution in [0.1, 0.15) is 51.7 Å². The molecule has 3 heterocycles. The molecule has 274 valence electrons. The quantitative estimate of drug-likeness (QED) is 0.177. The third-order valence-electron chi connectivity index (χ3n) is 13.3. The second-order valence-corrected chi connectivity index (χ2v) is 17.6. The molecular formula is C54H42N2O. The lowest BCUT2D eigenvalue weighted by Gasteiger charge is -2.42. The summed E-state index contributed by atoms with van der Waals surface area (Å²) >= 11 is 0. The molecule has 0 atom stereocenters. The van der Waals surface area contributed by atoms with E-state index in [0.29, 0.717) is 0 Å². The maximum atomic E-state index is 6.57. The van der Waals surface area contributed by atoms with Gasteiger partial charge in [0.05, 0.1) is 22.1 Å². The van der Waals surface area contributed by atoms with E-state index in [1.807, 2.05) is 6.07 Å². The first-order chi connectivity index (χ1) is 27.7. The SMILES string of the molecule is CC1(C)CCC(C)(C)c2cc3c(cc21)c1cc2c(cc1n3-c1cccc(-c3cccc4c3oc3ccccc34)c1)c1c3ccccc3ccc1n2-c1ccccc1. The normalized spacial score (nSPS) is 15.2. The molecule has 0 unspecified atom stereocenters. The Balaban J connectivity index is 1.22. The van der Waals surface area contributed by atoms with Crippen molar-refractivity contribution in [2.24, 2.45) is 0 Å². The van der Waals surface area contributed by atoms with Crippen LogP contribution in [0.2, 0.25) is 0 Å². The van der Waals surface area contributed by atoms with Crippen LogP contribution in [0.25, 0.3) is 98.8 Å². The van der Waals surface area contributed by atoms with Crippen molar-refractivity contribution in [2.75, 3.05) is 0 Å². The van der Waals surface area contributed by atoms with Crippen LogP contribution in [0, 0.1) is 0 Å². The van der Waals surface area contributed by atoms with Gasteiger partial charge in [-0.25, -0.2) is 0 Å². The average Bonchev–Trinajstić information content (AvgIpc) is 3.89. The molecule has 3 nitrogen and oxygen atoms in total. The van der Waals surface area contributed by atoms with E-state index in [9.17, 15) is 0 Å². The highest BCUT2D eigenvalue weighted by atomic mass is 16.3. The molecule has 0 spiro atoms. The molecule has 0 saturated carbocycles. The fourth-order valence-electron chi connectivity index (χ4n) is 10.3. The number of fused-ring (bicyclic) bond motifs is 12. The zero-order valence-electron chi connectivity index (χ0n) is 32.7. The molecule has 1 aliphatic carbocycles. The van der Waals surface area contributed by atoms with Crippen molar-refractivity contribution in [2.45, 2.75) is 51.4 Å². The molecule has 8 aromatic carbocycles. The highest BCUT2D eigenvalue weighted by Crippen LogP contribution is 2.50. The van der Waals surface area contributed by atoms with Crippen molar-refractivity contribution in [3.05, 3.63) is 169 Å². The van der Waals surface area contributed by atoms with Crippen LogP contribution >= 0.6 is 0 Å². The minimum absolute atomic E-state index is 0.0723. The third-order valence-corrected chi connectivity index (χ3v) is 13.3. The molecule has 3 heteroatoms. The Bertz CT molecular complexity index is 3460. The first kappa shape index (κ1) is 32.6. The van der Waals surface area contributed by atoms with Crippen LogP contribution in [0.5, 0.6) is 0 Å². The number of benzene rings is 8. The van der Waals surface area contributed by atoms with Gasteiger partial charge in [0.15, 0.2) is 0 Å². The van der Waals surface area contributed by atoms with E-state index < -0.39 is 0 Å². The van der Waals surface area contributed by atoms with E-state index in [1.165, 1.54) is 84.0 Å². The number of hydrogen-bond acceptors (Lipinski definition) is 1. The third kappa shape index (κ3) is 4.60. The Morgan fingerprint density at radius 1 is 0.439 bits per heavy atom. The summed E-state index contributed by atoms with van der Waals surface area (Å²) in [7, 11) is 0. The summed E-state index contributed by atoms with van der Waals surface area (Å²) in [5, 5.41) is 9.94. The highest BCUT2D eigenvalue weighted by molar-refractivity contribution is 6.25. The van der Waals surface area contributed by atoms with Gasteiger partial charge >= 0.3 is 0 Å². The van der Waals surface area contributed by atoms with Gasteiger partial charge in [0.1, 0.15) is 11.2 Å².